The number of pyridine rings is 1. The highest BCUT2D eigenvalue weighted by Gasteiger charge is 2.31. The second-order valence-electron chi connectivity index (χ2n) is 17.3. The van der Waals surface area contributed by atoms with E-state index in [0.717, 1.165) is 33.1 Å². The van der Waals surface area contributed by atoms with Crippen LogP contribution in [0.1, 0.15) is 84.6 Å². The van der Waals surface area contributed by atoms with Crippen LogP contribution in [0.25, 0.3) is 27.6 Å². The molecule has 0 saturated carbocycles. The van der Waals surface area contributed by atoms with Crippen LogP contribution in [0.5, 0.6) is 0 Å². The summed E-state index contributed by atoms with van der Waals surface area (Å²) in [6.07, 6.45) is 5.99. The van der Waals surface area contributed by atoms with E-state index < -0.39 is 6.85 Å². The van der Waals surface area contributed by atoms with Gasteiger partial charge in [-0.25, -0.2) is 4.98 Å². The third-order valence-corrected chi connectivity index (χ3v) is 12.7. The van der Waals surface area contributed by atoms with Gasteiger partial charge in [0.05, 0.1) is 17.7 Å². The van der Waals surface area contributed by atoms with Crippen LogP contribution in [0.4, 0.5) is 11.4 Å². The summed E-state index contributed by atoms with van der Waals surface area (Å²) in [7, 11) is 0. The Morgan fingerprint density at radius 2 is 1.02 bits per heavy atom. The Hall–Kier alpha value is -6.39. The first-order chi connectivity index (χ1) is 29.1. The van der Waals surface area contributed by atoms with Crippen LogP contribution in [0.15, 0.2) is 176 Å². The lowest BCUT2D eigenvalue weighted by molar-refractivity contribution is 0.617. The second-order valence-corrected chi connectivity index (χ2v) is 17.3. The van der Waals surface area contributed by atoms with Crippen molar-refractivity contribution in [3.63, 3.8) is 0 Å². The van der Waals surface area contributed by atoms with Gasteiger partial charge in [-0.3, -0.25) is 4.57 Å². The monoisotopic (exact) mass is 759 g/mol. The first-order valence-corrected chi connectivity index (χ1v) is 20.2. The molecule has 4 nitrogen and oxygen atoms in total. The summed E-state index contributed by atoms with van der Waals surface area (Å²) in [5, 5.41) is 2.19. The van der Waals surface area contributed by atoms with Gasteiger partial charge in [-0.15, -0.1) is 0 Å². The molecule has 0 N–H and O–H groups in total. The van der Waals surface area contributed by atoms with Gasteiger partial charge in [-0.05, 0) is 94.3 Å². The van der Waals surface area contributed by atoms with Crippen molar-refractivity contribution in [3.05, 3.63) is 215 Å². The Morgan fingerprint density at radius 1 is 0.466 bits per heavy atom. The lowest BCUT2D eigenvalue weighted by atomic mass is 9.73. The Bertz CT molecular complexity index is 2850. The topological polar surface area (TPSA) is 24.3 Å². The van der Waals surface area contributed by atoms with Crippen molar-refractivity contribution < 1.29 is 4.11 Å². The zero-order valence-corrected chi connectivity index (χ0v) is 34.2. The Labute approximate surface area is 348 Å². The van der Waals surface area contributed by atoms with Gasteiger partial charge in [0.1, 0.15) is 5.82 Å². The number of benzene rings is 6. The molecular weight excluding hydrogens is 705 g/mol. The van der Waals surface area contributed by atoms with Crippen molar-refractivity contribution in [3.8, 4) is 5.82 Å². The van der Waals surface area contributed by atoms with Crippen LogP contribution in [0.3, 0.4) is 0 Å². The van der Waals surface area contributed by atoms with Gasteiger partial charge in [0.2, 0.25) is 0 Å². The number of aromatic nitrogens is 2. The molecule has 0 fully saturated rings. The molecule has 0 aliphatic carbocycles. The minimum atomic E-state index is -2.23. The summed E-state index contributed by atoms with van der Waals surface area (Å²) in [6, 6.07) is 55.9. The largest absolute Gasteiger partial charge is 0.328 e. The average Bonchev–Trinajstić information content (AvgIpc) is 3.90. The minimum absolute atomic E-state index is 0.211. The molecule has 6 aromatic carbocycles. The van der Waals surface area contributed by atoms with E-state index in [0.29, 0.717) is 12.5 Å². The van der Waals surface area contributed by atoms with Crippen LogP contribution in [0, 0.1) is 6.85 Å². The maximum Gasteiger partial charge on any atom is 0.137 e. The predicted octanol–water partition coefficient (Wildman–Crippen LogP) is 13.2. The summed E-state index contributed by atoms with van der Waals surface area (Å²) in [5.41, 5.74) is 11.2. The van der Waals surface area contributed by atoms with E-state index in [4.69, 9.17) is 4.11 Å². The lowest BCUT2D eigenvalue weighted by Crippen LogP contribution is -2.27. The van der Waals surface area contributed by atoms with Crippen molar-refractivity contribution in [1.29, 1.82) is 0 Å². The van der Waals surface area contributed by atoms with Gasteiger partial charge in [0.15, 0.2) is 0 Å². The highest BCUT2D eigenvalue weighted by molar-refractivity contribution is 6.09. The molecular formula is C54H52N4. The van der Waals surface area contributed by atoms with Gasteiger partial charge in [0.25, 0.3) is 0 Å². The first-order valence-electron chi connectivity index (χ1n) is 21.7. The zero-order valence-electron chi connectivity index (χ0n) is 37.2. The quantitative estimate of drug-likeness (QED) is 0.146. The Balaban J connectivity index is 1.05. The summed E-state index contributed by atoms with van der Waals surface area (Å²) < 4.78 is 26.3. The molecule has 0 amide bonds. The molecule has 0 unspecified atom stereocenters. The summed E-state index contributed by atoms with van der Waals surface area (Å²) in [5.74, 6) is 0.590. The van der Waals surface area contributed by atoms with Crippen molar-refractivity contribution in [2.45, 2.75) is 64.6 Å². The van der Waals surface area contributed by atoms with E-state index in [1.165, 1.54) is 33.5 Å². The smallest absolute Gasteiger partial charge is 0.137 e. The van der Waals surface area contributed by atoms with Crippen LogP contribution in [0.2, 0.25) is 0 Å². The first kappa shape index (κ1) is 33.7. The fraction of sp³-hybridized carbons (Fsp3) is 0.204. The van der Waals surface area contributed by atoms with Gasteiger partial charge in [-0.1, -0.05) is 151 Å². The maximum atomic E-state index is 8.07. The third-order valence-electron chi connectivity index (χ3n) is 12.7. The zero-order chi connectivity index (χ0) is 42.7. The number of hydrogen-bond donors (Lipinski definition) is 0. The highest BCUT2D eigenvalue weighted by atomic mass is 15.3. The molecule has 58 heavy (non-hydrogen) atoms. The lowest BCUT2D eigenvalue weighted by Gasteiger charge is -2.33. The third kappa shape index (κ3) is 6.47. The fourth-order valence-corrected chi connectivity index (χ4v) is 8.68. The number of anilines is 2. The molecule has 1 aliphatic rings. The number of rotatable bonds is 9. The molecule has 0 bridgehead atoms. The van der Waals surface area contributed by atoms with Gasteiger partial charge in [-0.2, -0.15) is 0 Å². The molecule has 9 rings (SSSR count). The Kier molecular flexibility index (Phi) is 8.26. The molecule has 0 atom stereocenters. The predicted molar refractivity (Wildman–Crippen MR) is 244 cm³/mol. The number of nitrogens with zero attached hydrogens (tertiary/aromatic N) is 4. The second kappa shape index (κ2) is 14.2. The molecule has 2 aromatic heterocycles. The molecule has 3 heterocycles. The van der Waals surface area contributed by atoms with Crippen molar-refractivity contribution >= 4 is 33.2 Å². The molecule has 288 valence electrons. The van der Waals surface area contributed by atoms with Crippen molar-refractivity contribution in [1.82, 2.24) is 9.55 Å². The summed E-state index contributed by atoms with van der Waals surface area (Å²) >= 11 is 0. The molecule has 0 saturated heterocycles. The molecule has 0 spiro atoms. The average molecular weight is 760 g/mol. The van der Waals surface area contributed by atoms with Gasteiger partial charge < -0.3 is 9.80 Å². The van der Waals surface area contributed by atoms with Crippen LogP contribution >= 0.6 is 0 Å². The van der Waals surface area contributed by atoms with E-state index in [1.54, 1.807) is 18.3 Å². The normalized spacial score (nSPS) is 14.6. The van der Waals surface area contributed by atoms with Crippen molar-refractivity contribution in [2.24, 2.45) is 0 Å². The number of hydrogen-bond acceptors (Lipinski definition) is 3. The standard InChI is InChI=1S/C54H52N4/c1-38-27-28-55-51(31-38)58-49-24-15-14-23-47(49)48-26-25-42(36-50(48)58)54(6,7)41-21-16-22-45(33-41)56-29-30-57(37-56)46-34-43(52(2,3)39-17-10-8-11-18-39)32-44(35-46)53(4,5)40-19-12-9-13-20-40/h8-36H,37H2,1-7H3/i1D3. The van der Waals surface area contributed by atoms with Gasteiger partial charge in [0, 0.05) is 61.1 Å². The molecule has 1 aliphatic heterocycles. The van der Waals surface area contributed by atoms with Crippen molar-refractivity contribution in [2.75, 3.05) is 16.5 Å². The van der Waals surface area contributed by atoms with E-state index >= 15 is 0 Å². The van der Waals surface area contributed by atoms with Crippen LogP contribution in [-0.2, 0) is 16.2 Å². The Morgan fingerprint density at radius 3 is 1.69 bits per heavy atom. The summed E-state index contributed by atoms with van der Waals surface area (Å²) in [6.45, 7) is 12.3. The van der Waals surface area contributed by atoms with Gasteiger partial charge >= 0.3 is 0 Å². The number of para-hydroxylation sites is 1. The maximum absolute atomic E-state index is 8.07. The molecule has 0 radical (unpaired) electrons. The highest BCUT2D eigenvalue weighted by Crippen LogP contribution is 2.42. The van der Waals surface area contributed by atoms with E-state index in [1.807, 2.05) is 12.1 Å². The number of fused-ring (bicyclic) bond motifs is 3. The van der Waals surface area contributed by atoms with Crippen LogP contribution < -0.4 is 9.80 Å². The SMILES string of the molecule is [2H]C([2H])([2H])c1ccnc(-n2c3ccccc3c3ccc(C(C)(C)c4cccc(N5C=CN(c6cc(C(C)(C)c7ccccc7)cc(C(C)(C)c7ccccc7)c6)C5)c4)cc32)c1. The fourth-order valence-electron chi connectivity index (χ4n) is 8.68. The van der Waals surface area contributed by atoms with E-state index in [2.05, 4.69) is 207 Å². The van der Waals surface area contributed by atoms with E-state index in [-0.39, 0.29) is 21.8 Å². The molecule has 8 aromatic rings. The minimum Gasteiger partial charge on any atom is -0.328 e. The van der Waals surface area contributed by atoms with E-state index in [9.17, 15) is 0 Å². The molecule has 4 heteroatoms. The number of aryl methyl sites for hydroxylation is 1. The summed E-state index contributed by atoms with van der Waals surface area (Å²) in [4.78, 5) is 9.36. The van der Waals surface area contributed by atoms with Crippen LogP contribution in [-0.4, -0.2) is 16.2 Å².